The van der Waals surface area contributed by atoms with Crippen molar-refractivity contribution in [2.24, 2.45) is 0 Å². The molecule has 1 heterocycles. The van der Waals surface area contributed by atoms with Gasteiger partial charge in [0.15, 0.2) is 0 Å². The molecule has 0 atom stereocenters. The Hall–Kier alpha value is -2.57. The van der Waals surface area contributed by atoms with Crippen molar-refractivity contribution in [3.63, 3.8) is 0 Å². The summed E-state index contributed by atoms with van der Waals surface area (Å²) in [5, 5.41) is 0. The molecule has 0 aromatic heterocycles. The average Bonchev–Trinajstić information content (AvgIpc) is 2.64. The van der Waals surface area contributed by atoms with E-state index in [1.165, 1.54) is 0 Å². The van der Waals surface area contributed by atoms with E-state index in [1.807, 2.05) is 30.3 Å². The summed E-state index contributed by atoms with van der Waals surface area (Å²) in [4.78, 5) is 39.4. The zero-order chi connectivity index (χ0) is 19.9. The number of piperazine rings is 1. The first kappa shape index (κ1) is 20.7. The number of nitrogens with zero attached hydrogens (tertiary/aromatic N) is 2. The Morgan fingerprint density at radius 3 is 2.11 bits per heavy atom. The monoisotopic (exact) mass is 376 g/mol. The molecule has 0 unspecified atom stereocenters. The number of rotatable bonds is 5. The van der Waals surface area contributed by atoms with E-state index in [9.17, 15) is 14.4 Å². The Kier molecular flexibility index (Phi) is 7.21. The van der Waals surface area contributed by atoms with E-state index in [-0.39, 0.29) is 37.4 Å². The second kappa shape index (κ2) is 9.39. The molecule has 2 amide bonds. The molecule has 7 nitrogen and oxygen atoms in total. The highest BCUT2D eigenvalue weighted by molar-refractivity contribution is 5.81. The van der Waals surface area contributed by atoms with Crippen LogP contribution >= 0.6 is 0 Å². The quantitative estimate of drug-likeness (QED) is 0.739. The third-order valence-corrected chi connectivity index (χ3v) is 4.06. The lowest BCUT2D eigenvalue weighted by Gasteiger charge is -2.34. The van der Waals surface area contributed by atoms with Gasteiger partial charge in [0.2, 0.25) is 5.91 Å². The van der Waals surface area contributed by atoms with Crippen molar-refractivity contribution >= 4 is 18.0 Å². The van der Waals surface area contributed by atoms with Crippen LogP contribution in [0.25, 0.3) is 0 Å². The Labute approximate surface area is 160 Å². The van der Waals surface area contributed by atoms with Gasteiger partial charge < -0.3 is 19.3 Å². The van der Waals surface area contributed by atoms with Crippen molar-refractivity contribution in [1.82, 2.24) is 9.80 Å². The lowest BCUT2D eigenvalue weighted by atomic mass is 10.2. The van der Waals surface area contributed by atoms with Crippen molar-refractivity contribution in [1.29, 1.82) is 0 Å². The summed E-state index contributed by atoms with van der Waals surface area (Å²) in [6, 6.07) is 9.49. The molecular formula is C20H28N2O5. The van der Waals surface area contributed by atoms with E-state index >= 15 is 0 Å². The second-order valence-corrected chi connectivity index (χ2v) is 7.49. The summed E-state index contributed by atoms with van der Waals surface area (Å²) < 4.78 is 10.5. The summed E-state index contributed by atoms with van der Waals surface area (Å²) in [5.74, 6) is -0.475. The summed E-state index contributed by atoms with van der Waals surface area (Å²) in [5.41, 5.74) is 0.382. The summed E-state index contributed by atoms with van der Waals surface area (Å²) in [6.07, 6.45) is -0.192. The van der Waals surface area contributed by atoms with Crippen LogP contribution in [0.3, 0.4) is 0 Å². The fraction of sp³-hybridized carbons (Fsp3) is 0.550. The number of hydrogen-bond donors (Lipinski definition) is 0. The molecule has 0 bridgehead atoms. The van der Waals surface area contributed by atoms with Gasteiger partial charge in [0.25, 0.3) is 0 Å². The highest BCUT2D eigenvalue weighted by Gasteiger charge is 2.26. The Balaban J connectivity index is 1.68. The molecule has 1 aromatic rings. The number of carbonyl (C=O) groups is 3. The predicted molar refractivity (Wildman–Crippen MR) is 99.9 cm³/mol. The van der Waals surface area contributed by atoms with Crippen LogP contribution < -0.4 is 0 Å². The molecule has 27 heavy (non-hydrogen) atoms. The van der Waals surface area contributed by atoms with Crippen LogP contribution in [0.2, 0.25) is 0 Å². The van der Waals surface area contributed by atoms with Crippen molar-refractivity contribution < 1.29 is 23.9 Å². The summed E-state index contributed by atoms with van der Waals surface area (Å²) in [7, 11) is 0. The molecule has 1 aliphatic rings. The summed E-state index contributed by atoms with van der Waals surface area (Å²) >= 11 is 0. The first-order valence-corrected chi connectivity index (χ1v) is 9.20. The minimum atomic E-state index is -0.550. The Morgan fingerprint density at radius 1 is 0.926 bits per heavy atom. The summed E-state index contributed by atoms with van der Waals surface area (Å²) in [6.45, 7) is 7.34. The third kappa shape index (κ3) is 7.29. The fourth-order valence-electron chi connectivity index (χ4n) is 2.71. The number of ether oxygens (including phenoxy) is 2. The van der Waals surface area contributed by atoms with Crippen LogP contribution in [0.5, 0.6) is 0 Å². The number of hydrogen-bond acceptors (Lipinski definition) is 5. The Morgan fingerprint density at radius 2 is 1.52 bits per heavy atom. The zero-order valence-corrected chi connectivity index (χ0v) is 16.3. The molecule has 1 fully saturated rings. The number of benzene rings is 1. The lowest BCUT2D eigenvalue weighted by Crippen LogP contribution is -2.50. The largest absolute Gasteiger partial charge is 0.460 e. The van der Waals surface area contributed by atoms with Gasteiger partial charge in [0, 0.05) is 32.6 Å². The number of esters is 1. The second-order valence-electron chi connectivity index (χ2n) is 7.49. The molecule has 0 aliphatic carbocycles. The highest BCUT2D eigenvalue weighted by atomic mass is 16.6. The maximum Gasteiger partial charge on any atom is 0.410 e. The van der Waals surface area contributed by atoms with Crippen LogP contribution in [0.1, 0.15) is 39.2 Å². The van der Waals surface area contributed by atoms with Crippen LogP contribution in [0.4, 0.5) is 4.79 Å². The Bertz CT molecular complexity index is 646. The number of carbonyl (C=O) groups excluding carboxylic acids is 3. The van der Waals surface area contributed by atoms with Gasteiger partial charge in [0.1, 0.15) is 12.2 Å². The van der Waals surface area contributed by atoms with Crippen LogP contribution in [0, 0.1) is 0 Å². The molecule has 2 rings (SSSR count). The van der Waals surface area contributed by atoms with Crippen molar-refractivity contribution in [2.45, 2.75) is 45.8 Å². The molecule has 0 saturated carbocycles. The van der Waals surface area contributed by atoms with E-state index in [0.717, 1.165) is 5.56 Å². The molecule has 1 saturated heterocycles. The molecular weight excluding hydrogens is 348 g/mol. The lowest BCUT2D eigenvalue weighted by molar-refractivity contribution is -0.156. The number of amides is 2. The topological polar surface area (TPSA) is 76.2 Å². The standard InChI is InChI=1S/C20H28N2O5/c1-20(2,3)27-18(24)10-9-17(23)21-11-13-22(14-12-21)19(25)26-15-16-7-5-4-6-8-16/h4-8H,9-15H2,1-3H3. The van der Waals surface area contributed by atoms with Gasteiger partial charge in [-0.15, -0.1) is 0 Å². The van der Waals surface area contributed by atoms with Crippen molar-refractivity contribution in [3.8, 4) is 0 Å². The van der Waals surface area contributed by atoms with E-state index in [2.05, 4.69) is 0 Å². The smallest absolute Gasteiger partial charge is 0.410 e. The SMILES string of the molecule is CC(C)(C)OC(=O)CCC(=O)N1CCN(C(=O)OCc2ccccc2)CC1. The van der Waals surface area contributed by atoms with Crippen LogP contribution in [0.15, 0.2) is 30.3 Å². The molecule has 0 spiro atoms. The van der Waals surface area contributed by atoms with Gasteiger partial charge in [-0.3, -0.25) is 9.59 Å². The maximum absolute atomic E-state index is 12.2. The van der Waals surface area contributed by atoms with Crippen LogP contribution in [-0.2, 0) is 25.7 Å². The van der Waals surface area contributed by atoms with E-state index in [0.29, 0.717) is 26.2 Å². The molecule has 1 aromatic carbocycles. The van der Waals surface area contributed by atoms with Gasteiger partial charge in [0.05, 0.1) is 6.42 Å². The minimum absolute atomic E-state index is 0.0649. The van der Waals surface area contributed by atoms with Gasteiger partial charge in [-0.2, -0.15) is 0 Å². The van der Waals surface area contributed by atoms with Crippen LogP contribution in [-0.4, -0.2) is 59.5 Å². The first-order chi connectivity index (χ1) is 12.7. The molecule has 1 aliphatic heterocycles. The van der Waals surface area contributed by atoms with E-state index < -0.39 is 5.60 Å². The van der Waals surface area contributed by atoms with E-state index in [1.54, 1.807) is 30.6 Å². The molecule has 0 N–H and O–H groups in total. The van der Waals surface area contributed by atoms with Gasteiger partial charge in [-0.1, -0.05) is 30.3 Å². The third-order valence-electron chi connectivity index (χ3n) is 4.06. The zero-order valence-electron chi connectivity index (χ0n) is 16.3. The van der Waals surface area contributed by atoms with Gasteiger partial charge in [-0.05, 0) is 26.3 Å². The van der Waals surface area contributed by atoms with Crippen molar-refractivity contribution in [3.05, 3.63) is 35.9 Å². The van der Waals surface area contributed by atoms with Gasteiger partial charge in [-0.25, -0.2) is 4.79 Å². The minimum Gasteiger partial charge on any atom is -0.460 e. The molecule has 7 heteroatoms. The molecule has 148 valence electrons. The fourth-order valence-corrected chi connectivity index (χ4v) is 2.71. The first-order valence-electron chi connectivity index (χ1n) is 9.20. The average molecular weight is 376 g/mol. The highest BCUT2D eigenvalue weighted by Crippen LogP contribution is 2.12. The molecule has 0 radical (unpaired) electrons. The van der Waals surface area contributed by atoms with E-state index in [4.69, 9.17) is 9.47 Å². The van der Waals surface area contributed by atoms with Crippen molar-refractivity contribution in [2.75, 3.05) is 26.2 Å². The normalized spacial score (nSPS) is 14.6. The maximum atomic E-state index is 12.2. The predicted octanol–water partition coefficient (Wildman–Crippen LogP) is 2.59. The van der Waals surface area contributed by atoms with Gasteiger partial charge >= 0.3 is 12.1 Å².